The second-order valence-electron chi connectivity index (χ2n) is 4.85. The van der Waals surface area contributed by atoms with Crippen LogP contribution in [0.1, 0.15) is 11.1 Å². The third-order valence-corrected chi connectivity index (χ3v) is 3.84. The Morgan fingerprint density at radius 2 is 1.36 bits per heavy atom. The van der Waals surface area contributed by atoms with E-state index in [0.717, 1.165) is 0 Å². The van der Waals surface area contributed by atoms with Crippen LogP contribution in [0.15, 0.2) is 56.8 Å². The molecule has 8 nitrogen and oxygen atoms in total. The van der Waals surface area contributed by atoms with Gasteiger partial charge >= 0.3 is 0 Å². The highest BCUT2D eigenvalue weighted by Gasteiger charge is 2.00. The van der Waals surface area contributed by atoms with E-state index < -0.39 is 5.82 Å². The molecule has 8 N–H and O–H groups in total. The van der Waals surface area contributed by atoms with Gasteiger partial charge in [-0.25, -0.2) is 4.39 Å². The molecule has 2 aromatic rings. The molecule has 0 bridgehead atoms. The second kappa shape index (κ2) is 11.8. The first-order valence-corrected chi connectivity index (χ1v) is 8.47. The van der Waals surface area contributed by atoms with Crippen molar-refractivity contribution in [2.24, 2.45) is 43.3 Å². The van der Waals surface area contributed by atoms with Crippen LogP contribution in [0.2, 0.25) is 15.1 Å². The Morgan fingerprint density at radius 1 is 0.786 bits per heavy atom. The molecule has 0 atom stereocenters. The lowest BCUT2D eigenvalue weighted by Crippen LogP contribution is -2.21. The van der Waals surface area contributed by atoms with Gasteiger partial charge in [0, 0.05) is 11.1 Å². The average Bonchev–Trinajstić information content (AvgIpc) is 2.60. The summed E-state index contributed by atoms with van der Waals surface area (Å²) in [5, 5.41) is 15.1. The SMILES string of the molecule is NC(N)=N/N=C/c1ccc(F)cc1Cl.NC(N)=N/N=C/c1cccc(Cl)c1Cl. The van der Waals surface area contributed by atoms with Crippen LogP contribution >= 0.6 is 34.8 Å². The average molecular weight is 446 g/mol. The first-order valence-electron chi connectivity index (χ1n) is 7.33. The zero-order chi connectivity index (χ0) is 21.1. The van der Waals surface area contributed by atoms with E-state index in [1.54, 1.807) is 18.2 Å². The molecule has 0 aliphatic carbocycles. The van der Waals surface area contributed by atoms with Crippen molar-refractivity contribution in [3.8, 4) is 0 Å². The lowest BCUT2D eigenvalue weighted by molar-refractivity contribution is 0.628. The van der Waals surface area contributed by atoms with Gasteiger partial charge in [-0.3, -0.25) is 0 Å². The van der Waals surface area contributed by atoms with E-state index in [1.807, 2.05) is 0 Å². The molecule has 0 spiro atoms. The fourth-order valence-corrected chi connectivity index (χ4v) is 2.11. The lowest BCUT2D eigenvalue weighted by Gasteiger charge is -1.97. The molecule has 2 rings (SSSR count). The molecule has 0 radical (unpaired) electrons. The molecule has 0 unspecified atom stereocenters. The summed E-state index contributed by atoms with van der Waals surface area (Å²) in [7, 11) is 0. The molecular weight excluding hydrogens is 430 g/mol. The highest BCUT2D eigenvalue weighted by Crippen LogP contribution is 2.24. The van der Waals surface area contributed by atoms with Crippen LogP contribution in [-0.4, -0.2) is 24.3 Å². The predicted octanol–water partition coefficient (Wildman–Crippen LogP) is 2.69. The van der Waals surface area contributed by atoms with Gasteiger partial charge in [-0.15, -0.1) is 10.2 Å². The molecule has 0 saturated carbocycles. The summed E-state index contributed by atoms with van der Waals surface area (Å²) in [5.74, 6) is -0.673. The van der Waals surface area contributed by atoms with E-state index >= 15 is 0 Å². The van der Waals surface area contributed by atoms with Crippen LogP contribution in [0.3, 0.4) is 0 Å². The standard InChI is InChI=1S/C8H8Cl2N4.C8H8ClFN4/c9-6-3-1-2-5(7(6)10)4-13-14-8(11)12;9-7-3-6(10)2-1-5(7)4-13-14-8(11)12/h2*1-4H,(H4,11,12,14)/b2*13-4+. The monoisotopic (exact) mass is 444 g/mol. The van der Waals surface area contributed by atoms with Crippen molar-refractivity contribution < 1.29 is 4.39 Å². The zero-order valence-electron chi connectivity index (χ0n) is 14.2. The summed E-state index contributed by atoms with van der Waals surface area (Å²) in [6.07, 6.45) is 2.76. The smallest absolute Gasteiger partial charge is 0.211 e. The van der Waals surface area contributed by atoms with Gasteiger partial charge in [0.2, 0.25) is 11.9 Å². The third kappa shape index (κ3) is 8.67. The minimum absolute atomic E-state index is 0.112. The van der Waals surface area contributed by atoms with Crippen molar-refractivity contribution in [2.75, 3.05) is 0 Å². The summed E-state index contributed by atoms with van der Waals surface area (Å²) < 4.78 is 12.6. The minimum Gasteiger partial charge on any atom is -0.369 e. The maximum absolute atomic E-state index is 12.6. The second-order valence-corrected chi connectivity index (χ2v) is 6.04. The number of halogens is 4. The van der Waals surface area contributed by atoms with Crippen molar-refractivity contribution >= 4 is 59.2 Å². The summed E-state index contributed by atoms with van der Waals surface area (Å²) in [6.45, 7) is 0. The molecule has 0 aliphatic rings. The quantitative estimate of drug-likeness (QED) is 0.324. The summed E-state index contributed by atoms with van der Waals surface area (Å²) in [6, 6.07) is 9.11. The largest absolute Gasteiger partial charge is 0.369 e. The predicted molar refractivity (Wildman–Crippen MR) is 115 cm³/mol. The number of hydrogen-bond donors (Lipinski definition) is 4. The maximum atomic E-state index is 12.6. The number of nitrogens with zero attached hydrogens (tertiary/aromatic N) is 4. The highest BCUT2D eigenvalue weighted by atomic mass is 35.5. The van der Waals surface area contributed by atoms with Crippen LogP contribution in [-0.2, 0) is 0 Å². The zero-order valence-corrected chi connectivity index (χ0v) is 16.5. The molecule has 0 saturated heterocycles. The molecule has 0 fully saturated rings. The molecule has 0 heterocycles. The minimum atomic E-state index is -0.408. The number of hydrogen-bond acceptors (Lipinski definition) is 4. The van der Waals surface area contributed by atoms with Gasteiger partial charge in [0.05, 0.1) is 27.5 Å². The van der Waals surface area contributed by atoms with Crippen molar-refractivity contribution in [2.45, 2.75) is 0 Å². The molecule has 12 heteroatoms. The van der Waals surface area contributed by atoms with Crippen molar-refractivity contribution in [3.63, 3.8) is 0 Å². The van der Waals surface area contributed by atoms with Gasteiger partial charge in [0.25, 0.3) is 0 Å². The van der Waals surface area contributed by atoms with Crippen LogP contribution in [0.4, 0.5) is 4.39 Å². The molecule has 148 valence electrons. The molecule has 2 aromatic carbocycles. The Bertz CT molecular complexity index is 920. The summed E-state index contributed by atoms with van der Waals surface area (Å²) in [4.78, 5) is 0. The topological polar surface area (TPSA) is 154 Å². The molecule has 28 heavy (non-hydrogen) atoms. The lowest BCUT2D eigenvalue weighted by atomic mass is 10.2. The van der Waals surface area contributed by atoms with E-state index in [2.05, 4.69) is 20.4 Å². The first kappa shape index (κ1) is 23.2. The van der Waals surface area contributed by atoms with Crippen LogP contribution in [0, 0.1) is 5.82 Å². The Labute approximate surface area is 175 Å². The first-order chi connectivity index (χ1) is 13.2. The van der Waals surface area contributed by atoms with Crippen LogP contribution in [0.25, 0.3) is 0 Å². The molecule has 0 amide bonds. The Balaban J connectivity index is 0.000000280. The Kier molecular flexibility index (Phi) is 9.72. The van der Waals surface area contributed by atoms with E-state index in [4.69, 9.17) is 57.7 Å². The number of nitrogens with two attached hydrogens (primary N) is 4. The van der Waals surface area contributed by atoms with E-state index in [1.165, 1.54) is 30.6 Å². The van der Waals surface area contributed by atoms with E-state index in [-0.39, 0.29) is 16.9 Å². The van der Waals surface area contributed by atoms with E-state index in [0.29, 0.717) is 21.2 Å². The molecule has 0 aliphatic heterocycles. The van der Waals surface area contributed by atoms with Gasteiger partial charge in [-0.2, -0.15) is 10.2 Å². The number of rotatable bonds is 4. The highest BCUT2D eigenvalue weighted by molar-refractivity contribution is 6.43. The normalized spacial score (nSPS) is 10.4. The summed E-state index contributed by atoms with van der Waals surface area (Å²) >= 11 is 17.4. The van der Waals surface area contributed by atoms with Gasteiger partial charge in [-0.1, -0.05) is 46.9 Å². The molecule has 0 aromatic heterocycles. The van der Waals surface area contributed by atoms with Crippen molar-refractivity contribution in [1.29, 1.82) is 0 Å². The maximum Gasteiger partial charge on any atom is 0.211 e. The number of benzene rings is 2. The number of guanidine groups is 2. The van der Waals surface area contributed by atoms with Crippen LogP contribution < -0.4 is 22.9 Å². The Morgan fingerprint density at radius 3 is 1.89 bits per heavy atom. The van der Waals surface area contributed by atoms with Gasteiger partial charge in [-0.05, 0) is 24.3 Å². The van der Waals surface area contributed by atoms with Gasteiger partial charge in [0.1, 0.15) is 5.82 Å². The van der Waals surface area contributed by atoms with Crippen molar-refractivity contribution in [3.05, 3.63) is 68.4 Å². The van der Waals surface area contributed by atoms with Crippen LogP contribution in [0.5, 0.6) is 0 Å². The molecular formula is C16H16Cl3FN8. The van der Waals surface area contributed by atoms with E-state index in [9.17, 15) is 4.39 Å². The third-order valence-electron chi connectivity index (χ3n) is 2.68. The van der Waals surface area contributed by atoms with Gasteiger partial charge in [0.15, 0.2) is 0 Å². The summed E-state index contributed by atoms with van der Waals surface area (Å²) in [5.41, 5.74) is 21.4. The van der Waals surface area contributed by atoms with Crippen molar-refractivity contribution in [1.82, 2.24) is 0 Å². The fourth-order valence-electron chi connectivity index (χ4n) is 1.54. The Hall–Kier alpha value is -2.88. The fraction of sp³-hybridized carbons (Fsp3) is 0. The van der Waals surface area contributed by atoms with Gasteiger partial charge < -0.3 is 22.9 Å².